The molecule has 2 N–H and O–H groups in total. The normalized spacial score (nSPS) is 8.80. The van der Waals surface area contributed by atoms with Crippen LogP contribution in [0.1, 0.15) is 6.92 Å². The largest absolute Gasteiger partial charge is 0.394 e. The van der Waals surface area contributed by atoms with Gasteiger partial charge in [-0.2, -0.15) is 0 Å². The Kier molecular flexibility index (Phi) is 14.1. The van der Waals surface area contributed by atoms with Crippen LogP contribution in [-0.4, -0.2) is 28.7 Å². The van der Waals surface area contributed by atoms with E-state index in [1.807, 2.05) is 0 Å². The molecule has 0 aromatic heterocycles. The summed E-state index contributed by atoms with van der Waals surface area (Å²) in [4.78, 5) is 9.72. The number of rotatable bonds is 2. The molecule has 0 amide bonds. The van der Waals surface area contributed by atoms with E-state index in [1.54, 1.807) is 13.0 Å². The average Bonchev–Trinajstić information content (AvgIpc) is 1.89. The Bertz CT molecular complexity index is 99.2. The first-order valence-electron chi connectivity index (χ1n) is 2.72. The predicted octanol–water partition coefficient (Wildman–Crippen LogP) is 0.299. The van der Waals surface area contributed by atoms with Gasteiger partial charge in [-0.15, -0.1) is 0 Å². The highest BCUT2D eigenvalue weighted by Crippen LogP contribution is 1.78. The van der Waals surface area contributed by atoms with Gasteiger partial charge in [-0.1, -0.05) is 6.08 Å². The molecule has 0 aliphatic carbocycles. The Hall–Kier alpha value is -0.380. The number of halogens is 1. The number of carbonyl (C=O) groups excluding carboxylic acids is 1. The van der Waals surface area contributed by atoms with Crippen molar-refractivity contribution in [1.82, 2.24) is 0 Å². The topological polar surface area (TPSA) is 57.5 Å². The standard InChI is InChI=1S/C4H5ClO.C2H6O2/c1-2-3-4(5)6;3-1-2-4/h2-3H,1H3;3-4H,1-2H2. The number of hydrogen-bond donors (Lipinski definition) is 2. The molecule has 3 nitrogen and oxygen atoms in total. The molecule has 10 heavy (non-hydrogen) atoms. The third kappa shape index (κ3) is 25.5. The first-order chi connectivity index (χ1) is 4.68. The van der Waals surface area contributed by atoms with E-state index < -0.39 is 5.24 Å². The maximum Gasteiger partial charge on any atom is 0.244 e. The van der Waals surface area contributed by atoms with Crippen molar-refractivity contribution in [3.8, 4) is 0 Å². The van der Waals surface area contributed by atoms with E-state index in [-0.39, 0.29) is 13.2 Å². The summed E-state index contributed by atoms with van der Waals surface area (Å²) in [6.45, 7) is 1.49. The molecule has 0 aromatic rings. The second-order valence-corrected chi connectivity index (χ2v) is 1.62. The van der Waals surface area contributed by atoms with Gasteiger partial charge in [0.05, 0.1) is 13.2 Å². The van der Waals surface area contributed by atoms with Crippen molar-refractivity contribution in [3.63, 3.8) is 0 Å². The molecular weight excluding hydrogens is 156 g/mol. The Morgan fingerprint density at radius 1 is 1.50 bits per heavy atom. The summed E-state index contributed by atoms with van der Waals surface area (Å²) in [5.41, 5.74) is 0. The zero-order valence-electron chi connectivity index (χ0n) is 5.75. The van der Waals surface area contributed by atoms with Crippen molar-refractivity contribution in [1.29, 1.82) is 0 Å². The van der Waals surface area contributed by atoms with Crippen molar-refractivity contribution in [3.05, 3.63) is 12.2 Å². The van der Waals surface area contributed by atoms with Crippen LogP contribution < -0.4 is 0 Å². The minimum Gasteiger partial charge on any atom is -0.394 e. The van der Waals surface area contributed by atoms with Crippen molar-refractivity contribution >= 4 is 16.8 Å². The second-order valence-electron chi connectivity index (χ2n) is 1.25. The lowest BCUT2D eigenvalue weighted by Crippen LogP contribution is -1.85. The number of hydrogen-bond acceptors (Lipinski definition) is 3. The van der Waals surface area contributed by atoms with E-state index in [0.29, 0.717) is 0 Å². The maximum atomic E-state index is 9.72. The Morgan fingerprint density at radius 3 is 1.90 bits per heavy atom. The molecular formula is C6H11ClO3. The average molecular weight is 167 g/mol. The Morgan fingerprint density at radius 2 is 1.90 bits per heavy atom. The summed E-state index contributed by atoms with van der Waals surface area (Å²) < 4.78 is 0. The quantitative estimate of drug-likeness (QED) is 0.458. The van der Waals surface area contributed by atoms with Crippen LogP contribution >= 0.6 is 11.6 Å². The fraction of sp³-hybridized carbons (Fsp3) is 0.500. The highest BCUT2D eigenvalue weighted by atomic mass is 35.5. The Balaban J connectivity index is 0. The minimum atomic E-state index is -0.419. The molecule has 0 unspecified atom stereocenters. The number of aliphatic hydroxyl groups excluding tert-OH is 2. The lowest BCUT2D eigenvalue weighted by atomic mass is 10.6. The zero-order chi connectivity index (χ0) is 8.41. The molecule has 4 heteroatoms. The molecule has 0 aliphatic rings. The summed E-state index contributed by atoms with van der Waals surface area (Å²) in [5, 5.41) is 14.8. The monoisotopic (exact) mass is 166 g/mol. The molecule has 0 saturated carbocycles. The fourth-order valence-electron chi connectivity index (χ4n) is 0.131. The van der Waals surface area contributed by atoms with Gasteiger partial charge in [0.1, 0.15) is 0 Å². The van der Waals surface area contributed by atoms with Crippen LogP contribution in [0.4, 0.5) is 0 Å². The predicted molar refractivity (Wildman–Crippen MR) is 39.8 cm³/mol. The van der Waals surface area contributed by atoms with Crippen LogP contribution in [0.25, 0.3) is 0 Å². The van der Waals surface area contributed by atoms with Gasteiger partial charge < -0.3 is 10.2 Å². The minimum absolute atomic E-state index is 0.125. The van der Waals surface area contributed by atoms with E-state index in [9.17, 15) is 4.79 Å². The van der Waals surface area contributed by atoms with Crippen molar-refractivity contribution < 1.29 is 15.0 Å². The van der Waals surface area contributed by atoms with Crippen LogP contribution in [0.15, 0.2) is 12.2 Å². The van der Waals surface area contributed by atoms with Gasteiger partial charge in [-0.25, -0.2) is 0 Å². The van der Waals surface area contributed by atoms with E-state index in [2.05, 4.69) is 0 Å². The van der Waals surface area contributed by atoms with E-state index in [4.69, 9.17) is 21.8 Å². The molecule has 0 bridgehead atoms. The van der Waals surface area contributed by atoms with E-state index in [1.165, 1.54) is 6.08 Å². The number of allylic oxidation sites excluding steroid dienone is 2. The van der Waals surface area contributed by atoms with Crippen LogP contribution in [-0.2, 0) is 4.79 Å². The summed E-state index contributed by atoms with van der Waals surface area (Å²) in [5.74, 6) is 0. The van der Waals surface area contributed by atoms with Gasteiger partial charge in [0.2, 0.25) is 5.24 Å². The van der Waals surface area contributed by atoms with Crippen LogP contribution in [0.2, 0.25) is 0 Å². The highest BCUT2D eigenvalue weighted by Gasteiger charge is 1.77. The maximum absolute atomic E-state index is 9.72. The SMILES string of the molecule is CC=CC(=O)Cl.OCCO. The van der Waals surface area contributed by atoms with Crippen molar-refractivity contribution in [2.75, 3.05) is 13.2 Å². The molecule has 0 rings (SSSR count). The molecule has 0 aliphatic heterocycles. The Labute approximate surface area is 64.9 Å². The summed E-state index contributed by atoms with van der Waals surface area (Å²) in [6.07, 6.45) is 2.89. The molecule has 0 fully saturated rings. The second kappa shape index (κ2) is 11.4. The van der Waals surface area contributed by atoms with Crippen LogP contribution in [0.3, 0.4) is 0 Å². The van der Waals surface area contributed by atoms with E-state index in [0.717, 1.165) is 0 Å². The number of carbonyl (C=O) groups is 1. The number of aliphatic hydroxyl groups is 2. The smallest absolute Gasteiger partial charge is 0.244 e. The summed E-state index contributed by atoms with van der Waals surface area (Å²) in [7, 11) is 0. The molecule has 60 valence electrons. The highest BCUT2D eigenvalue weighted by molar-refractivity contribution is 6.66. The van der Waals surface area contributed by atoms with E-state index >= 15 is 0 Å². The van der Waals surface area contributed by atoms with Gasteiger partial charge in [-0.3, -0.25) is 4.79 Å². The van der Waals surface area contributed by atoms with Crippen LogP contribution in [0, 0.1) is 0 Å². The first-order valence-corrected chi connectivity index (χ1v) is 3.10. The lowest BCUT2D eigenvalue weighted by molar-refractivity contribution is -0.107. The zero-order valence-corrected chi connectivity index (χ0v) is 6.51. The van der Waals surface area contributed by atoms with Gasteiger partial charge in [0.15, 0.2) is 0 Å². The van der Waals surface area contributed by atoms with Gasteiger partial charge in [0.25, 0.3) is 0 Å². The van der Waals surface area contributed by atoms with Gasteiger partial charge in [-0.05, 0) is 24.6 Å². The van der Waals surface area contributed by atoms with Gasteiger partial charge in [0, 0.05) is 0 Å². The fourth-order valence-corrected chi connectivity index (χ4v) is 0.257. The van der Waals surface area contributed by atoms with Gasteiger partial charge >= 0.3 is 0 Å². The first kappa shape index (κ1) is 12.3. The van der Waals surface area contributed by atoms with Crippen LogP contribution in [0.5, 0.6) is 0 Å². The third-order valence-electron chi connectivity index (χ3n) is 0.398. The third-order valence-corrected chi connectivity index (χ3v) is 0.524. The van der Waals surface area contributed by atoms with Crippen molar-refractivity contribution in [2.24, 2.45) is 0 Å². The lowest BCUT2D eigenvalue weighted by Gasteiger charge is -1.70. The molecule has 0 atom stereocenters. The summed E-state index contributed by atoms with van der Waals surface area (Å²) >= 11 is 4.85. The molecule has 0 aromatic carbocycles. The molecule has 0 spiro atoms. The molecule has 0 saturated heterocycles. The summed E-state index contributed by atoms with van der Waals surface area (Å²) in [6, 6.07) is 0. The molecule has 0 radical (unpaired) electrons. The molecule has 0 heterocycles. The van der Waals surface area contributed by atoms with Crippen molar-refractivity contribution in [2.45, 2.75) is 6.92 Å².